The number of para-hydroxylation sites is 2. The lowest BCUT2D eigenvalue weighted by Gasteiger charge is -2.26. The Kier molecular flexibility index (Phi) is 10.7. The van der Waals surface area contributed by atoms with Gasteiger partial charge in [-0.15, -0.1) is 22.7 Å². The number of nitrogens with zero attached hydrogens (tertiary/aromatic N) is 6. The molecule has 2 unspecified atom stereocenters. The molecule has 0 radical (unpaired) electrons. The number of fused-ring (bicyclic) bond motifs is 2. The standard InChI is InChI=1S/C54H44N6O2S2/c1-3-61-43-29-21-35(22-30-43)47-33-49(59(57-47)41-25-17-39(18-26-41)53-55-45-9-5-7-11-51(45)63-53)37-13-15-38(16-14-37)50-34-48(36-23-31-44(32-24-36)62-4-2)58-60(50)42-27-19-40(20-28-42)54-56-46-10-6-8-12-52(46)64-54/h5-32,49-50H,3-4,33-34H2,1-2H3. The molecule has 2 aliphatic rings. The molecule has 0 N–H and O–H groups in total. The average molecular weight is 873 g/mol. The molecule has 4 heterocycles. The molecule has 0 bridgehead atoms. The minimum Gasteiger partial charge on any atom is -0.494 e. The number of anilines is 2. The maximum absolute atomic E-state index is 5.77. The van der Waals surface area contributed by atoms with E-state index in [1.54, 1.807) is 22.7 Å². The van der Waals surface area contributed by atoms with Gasteiger partial charge >= 0.3 is 0 Å². The predicted octanol–water partition coefficient (Wildman–Crippen LogP) is 13.7. The van der Waals surface area contributed by atoms with Gasteiger partial charge in [-0.3, -0.25) is 10.0 Å². The Bertz CT molecular complexity index is 2860. The third kappa shape index (κ3) is 7.80. The van der Waals surface area contributed by atoms with Crippen LogP contribution in [0.2, 0.25) is 0 Å². The minimum absolute atomic E-state index is 0.00526. The first-order valence-electron chi connectivity index (χ1n) is 21.8. The van der Waals surface area contributed by atoms with Crippen molar-refractivity contribution in [2.75, 3.05) is 23.2 Å². The number of benzene rings is 7. The molecule has 8 nitrogen and oxygen atoms in total. The second kappa shape index (κ2) is 17.2. The number of rotatable bonds is 12. The van der Waals surface area contributed by atoms with Crippen molar-refractivity contribution in [1.29, 1.82) is 0 Å². The topological polar surface area (TPSA) is 75.4 Å². The second-order valence-electron chi connectivity index (χ2n) is 15.9. The molecule has 9 aromatic rings. The monoisotopic (exact) mass is 872 g/mol. The van der Waals surface area contributed by atoms with Gasteiger partial charge in [0.25, 0.3) is 0 Å². The molecule has 64 heavy (non-hydrogen) atoms. The molecule has 10 heteroatoms. The van der Waals surface area contributed by atoms with Crippen molar-refractivity contribution in [3.05, 3.63) is 192 Å². The zero-order valence-electron chi connectivity index (χ0n) is 35.5. The Balaban J connectivity index is 0.903. The Labute approximate surface area is 380 Å². The van der Waals surface area contributed by atoms with Gasteiger partial charge in [-0.1, -0.05) is 48.5 Å². The van der Waals surface area contributed by atoms with E-state index in [0.717, 1.165) is 90.4 Å². The number of aromatic nitrogens is 2. The largest absolute Gasteiger partial charge is 0.494 e. The number of thiazole rings is 2. The van der Waals surface area contributed by atoms with Crippen LogP contribution in [0.4, 0.5) is 11.4 Å². The predicted molar refractivity (Wildman–Crippen MR) is 265 cm³/mol. The van der Waals surface area contributed by atoms with Gasteiger partial charge in [0.15, 0.2) is 0 Å². The van der Waals surface area contributed by atoms with Crippen molar-refractivity contribution in [2.45, 2.75) is 38.8 Å². The lowest BCUT2D eigenvalue weighted by molar-refractivity contribution is 0.340. The Morgan fingerprint density at radius 3 is 1.20 bits per heavy atom. The van der Waals surface area contributed by atoms with Crippen molar-refractivity contribution in [3.8, 4) is 32.6 Å². The van der Waals surface area contributed by atoms with Gasteiger partial charge in [-0.2, -0.15) is 10.2 Å². The molecule has 0 aliphatic carbocycles. The van der Waals surface area contributed by atoms with Crippen LogP contribution in [0.15, 0.2) is 180 Å². The Hall–Kier alpha value is -7.14. The summed E-state index contributed by atoms with van der Waals surface area (Å²) in [5.74, 6) is 1.72. The van der Waals surface area contributed by atoms with Gasteiger partial charge in [0.2, 0.25) is 0 Å². The highest BCUT2D eigenvalue weighted by Gasteiger charge is 2.33. The van der Waals surface area contributed by atoms with Gasteiger partial charge in [0.1, 0.15) is 21.5 Å². The molecule has 11 rings (SSSR count). The summed E-state index contributed by atoms with van der Waals surface area (Å²) < 4.78 is 13.9. The van der Waals surface area contributed by atoms with Crippen LogP contribution in [0.25, 0.3) is 41.6 Å². The fraction of sp³-hybridized carbons (Fsp3) is 0.148. The molecule has 0 fully saturated rings. The van der Waals surface area contributed by atoms with Crippen LogP contribution >= 0.6 is 22.7 Å². The molecule has 0 saturated carbocycles. The summed E-state index contributed by atoms with van der Waals surface area (Å²) in [4.78, 5) is 9.83. The maximum Gasteiger partial charge on any atom is 0.124 e. The number of hydrogen-bond donors (Lipinski definition) is 0. The SMILES string of the molecule is CCOc1ccc(C2=NN(c3ccc(-c4nc5ccccc5s4)cc3)C(c3ccc(C4CC(c5ccc(OCC)cc5)=NN4c4ccc(-c5nc6ccccc6s5)cc4)cc3)C2)cc1. The van der Waals surface area contributed by atoms with Crippen molar-refractivity contribution in [2.24, 2.45) is 10.2 Å². The van der Waals surface area contributed by atoms with Crippen molar-refractivity contribution in [1.82, 2.24) is 9.97 Å². The molecule has 0 saturated heterocycles. The first kappa shape index (κ1) is 39.7. The van der Waals surface area contributed by atoms with E-state index < -0.39 is 0 Å². The molecule has 0 spiro atoms. The maximum atomic E-state index is 5.77. The van der Waals surface area contributed by atoms with E-state index in [2.05, 4.69) is 143 Å². The Morgan fingerprint density at radius 1 is 0.453 bits per heavy atom. The van der Waals surface area contributed by atoms with E-state index in [0.29, 0.717) is 13.2 Å². The second-order valence-corrected chi connectivity index (χ2v) is 17.9. The molecule has 7 aromatic carbocycles. The van der Waals surface area contributed by atoms with E-state index in [1.807, 2.05) is 50.2 Å². The summed E-state index contributed by atoms with van der Waals surface area (Å²) >= 11 is 3.44. The van der Waals surface area contributed by atoms with Gasteiger partial charge in [0.05, 0.1) is 68.5 Å². The van der Waals surface area contributed by atoms with Crippen molar-refractivity contribution < 1.29 is 9.47 Å². The van der Waals surface area contributed by atoms with Crippen molar-refractivity contribution in [3.63, 3.8) is 0 Å². The van der Waals surface area contributed by atoms with Crippen LogP contribution in [0.5, 0.6) is 11.5 Å². The first-order chi connectivity index (χ1) is 31.6. The molecular formula is C54H44N6O2S2. The highest BCUT2D eigenvalue weighted by Crippen LogP contribution is 2.42. The normalized spacial score (nSPS) is 16.1. The third-order valence-electron chi connectivity index (χ3n) is 11.9. The lowest BCUT2D eigenvalue weighted by atomic mass is 9.94. The van der Waals surface area contributed by atoms with Gasteiger partial charge in [0, 0.05) is 24.0 Å². The van der Waals surface area contributed by atoms with E-state index in [9.17, 15) is 0 Å². The van der Waals surface area contributed by atoms with E-state index in [4.69, 9.17) is 29.6 Å². The number of hydrazone groups is 2. The number of ether oxygens (including phenoxy) is 2. The fourth-order valence-electron chi connectivity index (χ4n) is 8.63. The molecule has 0 amide bonds. The van der Waals surface area contributed by atoms with E-state index >= 15 is 0 Å². The number of hydrogen-bond acceptors (Lipinski definition) is 10. The summed E-state index contributed by atoms with van der Waals surface area (Å²) in [6.45, 7) is 5.27. The highest BCUT2D eigenvalue weighted by atomic mass is 32.1. The molecule has 314 valence electrons. The van der Waals surface area contributed by atoms with Crippen LogP contribution in [-0.2, 0) is 0 Å². The van der Waals surface area contributed by atoms with Crippen LogP contribution in [0.3, 0.4) is 0 Å². The average Bonchev–Trinajstić information content (AvgIpc) is 4.18. The summed E-state index contributed by atoms with van der Waals surface area (Å²) in [6.07, 6.45) is 1.52. The van der Waals surface area contributed by atoms with Crippen LogP contribution in [0, 0.1) is 0 Å². The van der Waals surface area contributed by atoms with E-state index in [-0.39, 0.29) is 12.1 Å². The zero-order chi connectivity index (χ0) is 43.0. The van der Waals surface area contributed by atoms with Crippen molar-refractivity contribution >= 4 is 65.9 Å². The minimum atomic E-state index is -0.00526. The summed E-state index contributed by atoms with van der Waals surface area (Å²) in [5.41, 5.74) is 13.0. The molecule has 2 atom stereocenters. The Morgan fingerprint density at radius 2 is 0.828 bits per heavy atom. The molecule has 2 aliphatic heterocycles. The first-order valence-corrected chi connectivity index (χ1v) is 23.4. The van der Waals surface area contributed by atoms with Gasteiger partial charge in [-0.25, -0.2) is 9.97 Å². The lowest BCUT2D eigenvalue weighted by Crippen LogP contribution is -2.20. The summed E-state index contributed by atoms with van der Waals surface area (Å²) in [7, 11) is 0. The highest BCUT2D eigenvalue weighted by molar-refractivity contribution is 7.22. The van der Waals surface area contributed by atoms with Crippen LogP contribution < -0.4 is 19.5 Å². The molecular weight excluding hydrogens is 829 g/mol. The van der Waals surface area contributed by atoms with Gasteiger partial charge < -0.3 is 9.47 Å². The van der Waals surface area contributed by atoms with Crippen LogP contribution in [-0.4, -0.2) is 34.6 Å². The fourth-order valence-corrected chi connectivity index (χ4v) is 10.6. The quantitative estimate of drug-likeness (QED) is 0.122. The van der Waals surface area contributed by atoms with E-state index in [1.165, 1.54) is 20.5 Å². The van der Waals surface area contributed by atoms with Crippen LogP contribution in [0.1, 0.15) is 61.0 Å². The third-order valence-corrected chi connectivity index (χ3v) is 14.0. The summed E-state index contributed by atoms with van der Waals surface area (Å²) in [5, 5.41) is 17.0. The zero-order valence-corrected chi connectivity index (χ0v) is 37.1. The molecule has 2 aromatic heterocycles. The summed E-state index contributed by atoms with van der Waals surface area (Å²) in [6, 6.07) is 59.7. The van der Waals surface area contributed by atoms with Gasteiger partial charge in [-0.05, 0) is 157 Å². The smallest absolute Gasteiger partial charge is 0.124 e.